The van der Waals surface area contributed by atoms with E-state index in [2.05, 4.69) is 10.1 Å². The number of carboxylic acids is 1. The van der Waals surface area contributed by atoms with Gasteiger partial charge in [0.15, 0.2) is 11.9 Å². The maximum absolute atomic E-state index is 15.7. The summed E-state index contributed by atoms with van der Waals surface area (Å²) in [6.45, 7) is 1.51. The quantitative estimate of drug-likeness (QED) is 0.0983. The van der Waals surface area contributed by atoms with Crippen LogP contribution in [-0.2, 0) is 50.2 Å². The molecule has 2 saturated heterocycles. The van der Waals surface area contributed by atoms with Crippen LogP contribution in [0.4, 0.5) is 18.0 Å². The number of rotatable bonds is 17. The van der Waals surface area contributed by atoms with Crippen molar-refractivity contribution in [3.63, 3.8) is 0 Å². The molecule has 0 spiro atoms. The lowest BCUT2D eigenvalue weighted by Crippen LogP contribution is -2.47. The molecule has 2 aromatic carbocycles. The van der Waals surface area contributed by atoms with Crippen LogP contribution in [0.5, 0.6) is 0 Å². The molecule has 2 atom stereocenters. The number of benzene rings is 2. The lowest BCUT2D eigenvalue weighted by atomic mass is 9.89. The van der Waals surface area contributed by atoms with E-state index in [1.54, 1.807) is 30.1 Å². The largest absolute Gasteiger partial charge is 0.512 e. The van der Waals surface area contributed by atoms with Gasteiger partial charge in [-0.3, -0.25) is 14.4 Å². The maximum Gasteiger partial charge on any atom is 0.512 e. The van der Waals surface area contributed by atoms with Gasteiger partial charge in [-0.1, -0.05) is 24.3 Å². The van der Waals surface area contributed by atoms with Crippen LogP contribution in [0.1, 0.15) is 55.7 Å². The highest BCUT2D eigenvalue weighted by Crippen LogP contribution is 2.42. The minimum Gasteiger partial charge on any atom is -0.481 e. The first-order valence-electron chi connectivity index (χ1n) is 18.6. The van der Waals surface area contributed by atoms with Crippen LogP contribution in [0.15, 0.2) is 67.3 Å². The summed E-state index contributed by atoms with van der Waals surface area (Å²) in [6, 6.07) is 8.81. The Kier molecular flexibility index (Phi) is 16.1. The van der Waals surface area contributed by atoms with Crippen molar-refractivity contribution in [3.05, 3.63) is 101 Å². The van der Waals surface area contributed by atoms with E-state index in [0.29, 0.717) is 32.0 Å². The van der Waals surface area contributed by atoms with E-state index >= 15 is 4.39 Å². The molecule has 15 nitrogen and oxygen atoms in total. The van der Waals surface area contributed by atoms with Crippen LogP contribution in [0.25, 0.3) is 6.08 Å². The second-order valence-corrected chi connectivity index (χ2v) is 15.3. The highest BCUT2D eigenvalue weighted by atomic mass is 32.2. The van der Waals surface area contributed by atoms with E-state index in [0.717, 1.165) is 18.2 Å². The second-order valence-electron chi connectivity index (χ2n) is 13.7. The number of thioether (sulfide) groups is 1. The molecular formula is C40H42F3N5O10S. The molecule has 314 valence electrons. The first-order chi connectivity index (χ1) is 28.3. The summed E-state index contributed by atoms with van der Waals surface area (Å²) < 4.78 is 73.1. The van der Waals surface area contributed by atoms with Gasteiger partial charge in [-0.05, 0) is 56.0 Å². The molecule has 0 radical (unpaired) electrons. The molecular weight excluding hydrogens is 800 g/mol. The van der Waals surface area contributed by atoms with Crippen molar-refractivity contribution in [1.29, 1.82) is 5.26 Å². The number of hydrogen-bond acceptors (Lipinski definition) is 13. The van der Waals surface area contributed by atoms with Gasteiger partial charge in [-0.25, -0.2) is 27.6 Å². The number of nitriles is 1. The van der Waals surface area contributed by atoms with Crippen molar-refractivity contribution in [2.24, 2.45) is 5.92 Å². The Morgan fingerprint density at radius 2 is 1.81 bits per heavy atom. The van der Waals surface area contributed by atoms with Crippen LogP contribution >= 0.6 is 11.8 Å². The predicted molar refractivity (Wildman–Crippen MR) is 203 cm³/mol. The molecule has 1 aromatic heterocycles. The number of carbonyl (C=O) groups is 4. The Hall–Kier alpha value is -5.71. The Bertz CT molecular complexity index is 2030. The summed E-state index contributed by atoms with van der Waals surface area (Å²) >= 11 is 1.23. The van der Waals surface area contributed by atoms with Crippen LogP contribution in [0.2, 0.25) is 0 Å². The molecule has 0 aliphatic carbocycles. The van der Waals surface area contributed by atoms with E-state index in [9.17, 15) is 28.0 Å². The number of carboxylic acid groups (broad SMARTS) is 1. The maximum atomic E-state index is 15.7. The number of amides is 1. The molecule has 3 heterocycles. The van der Waals surface area contributed by atoms with Gasteiger partial charge in [0, 0.05) is 48.4 Å². The lowest BCUT2D eigenvalue weighted by Gasteiger charge is -2.40. The summed E-state index contributed by atoms with van der Waals surface area (Å²) in [6.07, 6.45) is 7.42. The topological polar surface area (TPSA) is 192 Å². The summed E-state index contributed by atoms with van der Waals surface area (Å²) in [7, 11) is 0. The van der Waals surface area contributed by atoms with Gasteiger partial charge < -0.3 is 33.7 Å². The Balaban J connectivity index is 1.19. The minimum atomic E-state index is -1.93. The summed E-state index contributed by atoms with van der Waals surface area (Å²) in [5, 5.41) is 20.8. The van der Waals surface area contributed by atoms with E-state index in [-0.39, 0.29) is 72.8 Å². The predicted octanol–water partition coefficient (Wildman–Crippen LogP) is 5.74. The SMILES string of the molecule is CC(SC1COC(C=CC=Cc2ccc(C#N)cc2F)OC1)C(Cn1cncn1)(OC(=O)OCOC(=O)CCC(=O)N1CCC(CC(=O)O)CC1)c1ccc(F)cc1F. The van der Waals surface area contributed by atoms with Crippen LogP contribution in [0.3, 0.4) is 0 Å². The van der Waals surface area contributed by atoms with Gasteiger partial charge in [0.1, 0.15) is 30.1 Å². The average molecular weight is 842 g/mol. The van der Waals surface area contributed by atoms with Crippen molar-refractivity contribution in [2.45, 2.75) is 68.0 Å². The zero-order valence-electron chi connectivity index (χ0n) is 31.9. The van der Waals surface area contributed by atoms with E-state index in [4.69, 9.17) is 34.1 Å². The zero-order chi connectivity index (χ0) is 42.4. The third-order valence-electron chi connectivity index (χ3n) is 9.62. The number of piperidine rings is 1. The van der Waals surface area contributed by atoms with Gasteiger partial charge in [0.05, 0.1) is 43.1 Å². The number of carbonyl (C=O) groups excluding carboxylic acids is 3. The standard InChI is InChI=1S/C40H42F3N5O10S/c1-26(59-31-20-54-38(55-21-31)5-3-2-4-29-7-6-28(19-44)16-33(29)42)40(22-48-24-45-23-46-48,32-9-8-30(41)18-34(32)43)58-39(53)57-25-56-37(52)11-10-35(49)47-14-12-27(13-15-47)17-36(50)51/h2-9,16,18,23-24,26-27,31,38H,10-15,17,20-22,25H2,1H3,(H,50,51). The monoisotopic (exact) mass is 841 g/mol. The van der Waals surface area contributed by atoms with Crippen LogP contribution in [-0.4, -0.2) is 98.7 Å². The molecule has 0 saturated carbocycles. The van der Waals surface area contributed by atoms with Crippen molar-refractivity contribution in [3.8, 4) is 6.07 Å². The summed E-state index contributed by atoms with van der Waals surface area (Å²) in [4.78, 5) is 54.8. The number of esters is 1. The number of aliphatic carboxylic acids is 1. The number of ether oxygens (including phenoxy) is 5. The normalized spacial score (nSPS) is 18.9. The van der Waals surface area contributed by atoms with Gasteiger partial charge >= 0.3 is 18.1 Å². The average Bonchev–Trinajstić information content (AvgIpc) is 3.72. The third kappa shape index (κ3) is 12.9. The lowest BCUT2D eigenvalue weighted by molar-refractivity contribution is -0.157. The third-order valence-corrected chi connectivity index (χ3v) is 11.1. The van der Waals surface area contributed by atoms with Crippen molar-refractivity contribution in [2.75, 3.05) is 33.1 Å². The molecule has 2 aliphatic heterocycles. The van der Waals surface area contributed by atoms with Crippen molar-refractivity contribution in [1.82, 2.24) is 19.7 Å². The molecule has 0 bridgehead atoms. The summed E-state index contributed by atoms with van der Waals surface area (Å²) in [5.41, 5.74) is -1.64. The van der Waals surface area contributed by atoms with Crippen LogP contribution < -0.4 is 0 Å². The smallest absolute Gasteiger partial charge is 0.481 e. The molecule has 2 aliphatic rings. The zero-order valence-corrected chi connectivity index (χ0v) is 32.7. The highest BCUT2D eigenvalue weighted by molar-refractivity contribution is 8.00. The molecule has 2 unspecified atom stereocenters. The first kappa shape index (κ1) is 44.4. The Labute approximate surface area is 341 Å². The molecule has 1 N–H and O–H groups in total. The fourth-order valence-corrected chi connectivity index (χ4v) is 7.88. The van der Waals surface area contributed by atoms with E-state index in [1.807, 2.05) is 6.07 Å². The van der Waals surface area contributed by atoms with Crippen LogP contribution in [0, 0.1) is 34.7 Å². The molecule has 2 fully saturated rings. The number of likely N-dealkylation sites (tertiary alicyclic amines) is 1. The van der Waals surface area contributed by atoms with Gasteiger partial charge in [-0.2, -0.15) is 10.4 Å². The second kappa shape index (κ2) is 21.3. The van der Waals surface area contributed by atoms with E-state index < -0.39 is 59.5 Å². The minimum absolute atomic E-state index is 0.0158. The van der Waals surface area contributed by atoms with E-state index in [1.165, 1.54) is 47.3 Å². The Morgan fingerprint density at radius 1 is 1.05 bits per heavy atom. The first-order valence-corrected chi connectivity index (χ1v) is 19.5. The van der Waals surface area contributed by atoms with Gasteiger partial charge in [0.2, 0.25) is 12.7 Å². The summed E-state index contributed by atoms with van der Waals surface area (Å²) in [5.74, 6) is -4.48. The highest BCUT2D eigenvalue weighted by Gasteiger charge is 2.47. The van der Waals surface area contributed by atoms with Gasteiger partial charge in [-0.15, -0.1) is 11.8 Å². The number of nitrogens with zero attached hydrogens (tertiary/aromatic N) is 5. The molecule has 1 amide bonds. The molecule has 19 heteroatoms. The van der Waals surface area contributed by atoms with Crippen molar-refractivity contribution < 1.29 is 61.1 Å². The van der Waals surface area contributed by atoms with Crippen molar-refractivity contribution >= 4 is 41.8 Å². The molecule has 3 aromatic rings. The number of aromatic nitrogens is 3. The fraction of sp³-hybridized carbons (Fsp3) is 0.425. The van der Waals surface area contributed by atoms with Gasteiger partial charge in [0.25, 0.3) is 0 Å². The number of halogens is 3. The number of allylic oxidation sites excluding steroid dienone is 2. The molecule has 5 rings (SSSR count). The number of hydrogen-bond donors (Lipinski definition) is 1. The molecule has 59 heavy (non-hydrogen) atoms. The Morgan fingerprint density at radius 3 is 2.47 bits per heavy atom. The fourth-order valence-electron chi connectivity index (χ4n) is 6.52.